The quantitative estimate of drug-likeness (QED) is 0.866. The van der Waals surface area contributed by atoms with Crippen LogP contribution in [0.1, 0.15) is 76.9 Å². The van der Waals surface area contributed by atoms with Crippen LogP contribution in [0, 0.1) is 0 Å². The molecule has 4 rings (SSSR count). The summed E-state index contributed by atoms with van der Waals surface area (Å²) in [7, 11) is 0. The Bertz CT molecular complexity index is 802. The van der Waals surface area contributed by atoms with E-state index in [1.54, 1.807) is 0 Å². The number of nitrogens with zero attached hydrogens (tertiary/aromatic N) is 2. The van der Waals surface area contributed by atoms with Crippen LogP contribution in [-0.2, 0) is 5.54 Å². The smallest absolute Gasteiger partial charge is 0.335 e. The van der Waals surface area contributed by atoms with Gasteiger partial charge in [0.05, 0.1) is 5.56 Å². The third kappa shape index (κ3) is 3.01. The van der Waals surface area contributed by atoms with Gasteiger partial charge in [0, 0.05) is 11.5 Å². The number of benzene rings is 1. The Balaban J connectivity index is 1.56. The Labute approximate surface area is 144 Å². The van der Waals surface area contributed by atoms with Crippen LogP contribution < -0.4 is 5.32 Å². The summed E-state index contributed by atoms with van der Waals surface area (Å²) < 4.78 is 5.38. The monoisotopic (exact) mass is 341 g/mol. The number of carbonyl (C=O) groups excluding carboxylic acids is 1. The van der Waals surface area contributed by atoms with Crippen molar-refractivity contribution in [2.24, 2.45) is 0 Å². The fourth-order valence-corrected chi connectivity index (χ4v) is 3.36. The molecule has 1 aromatic carbocycles. The third-order valence-corrected chi connectivity index (χ3v) is 5.00. The Kier molecular flexibility index (Phi) is 3.78. The van der Waals surface area contributed by atoms with E-state index in [1.807, 2.05) is 0 Å². The average molecular weight is 341 g/mol. The highest BCUT2D eigenvalue weighted by Crippen LogP contribution is 2.42. The summed E-state index contributed by atoms with van der Waals surface area (Å²) >= 11 is 0. The number of carboxylic acids is 1. The molecule has 2 fully saturated rings. The van der Waals surface area contributed by atoms with E-state index >= 15 is 0 Å². The normalized spacial score (nSPS) is 18.9. The van der Waals surface area contributed by atoms with Crippen LogP contribution in [0.15, 0.2) is 28.8 Å². The lowest BCUT2D eigenvalue weighted by molar-refractivity contribution is 0.0696. The molecular weight excluding hydrogens is 322 g/mol. The van der Waals surface area contributed by atoms with Crippen molar-refractivity contribution < 1.29 is 19.2 Å². The summed E-state index contributed by atoms with van der Waals surface area (Å²) in [5.74, 6) is 0.331. The number of aromatic nitrogens is 2. The molecule has 7 nitrogen and oxygen atoms in total. The number of aromatic carboxylic acids is 1. The van der Waals surface area contributed by atoms with Gasteiger partial charge in [-0.1, -0.05) is 18.0 Å². The Morgan fingerprint density at radius 3 is 2.36 bits per heavy atom. The topological polar surface area (TPSA) is 105 Å². The van der Waals surface area contributed by atoms with Crippen LogP contribution >= 0.6 is 0 Å². The molecule has 25 heavy (non-hydrogen) atoms. The zero-order valence-corrected chi connectivity index (χ0v) is 13.7. The molecule has 130 valence electrons. The summed E-state index contributed by atoms with van der Waals surface area (Å²) in [6.45, 7) is 0. The van der Waals surface area contributed by atoms with E-state index < -0.39 is 11.5 Å². The number of hydrogen-bond acceptors (Lipinski definition) is 5. The highest BCUT2D eigenvalue weighted by atomic mass is 16.5. The van der Waals surface area contributed by atoms with Gasteiger partial charge in [0.15, 0.2) is 5.82 Å². The van der Waals surface area contributed by atoms with Gasteiger partial charge in [0.2, 0.25) is 5.89 Å². The van der Waals surface area contributed by atoms with Gasteiger partial charge in [0.1, 0.15) is 5.54 Å². The molecule has 2 saturated carbocycles. The molecule has 2 aromatic rings. The molecule has 7 heteroatoms. The first-order valence-corrected chi connectivity index (χ1v) is 8.57. The number of rotatable bonds is 5. The Morgan fingerprint density at radius 2 is 1.76 bits per heavy atom. The van der Waals surface area contributed by atoms with Gasteiger partial charge in [-0.3, -0.25) is 4.79 Å². The summed E-state index contributed by atoms with van der Waals surface area (Å²) in [6, 6.07) is 5.90. The summed E-state index contributed by atoms with van der Waals surface area (Å²) in [5.41, 5.74) is -0.0271. The van der Waals surface area contributed by atoms with E-state index in [1.165, 1.54) is 24.3 Å². The first-order valence-electron chi connectivity index (χ1n) is 8.57. The highest BCUT2D eigenvalue weighted by molar-refractivity contribution is 5.96. The molecule has 0 atom stereocenters. The minimum atomic E-state index is -1.02. The molecule has 0 unspecified atom stereocenters. The van der Waals surface area contributed by atoms with Crippen LogP contribution in [0.5, 0.6) is 0 Å². The number of carbonyl (C=O) groups is 2. The molecule has 1 heterocycles. The number of nitrogens with one attached hydrogen (secondary N) is 1. The third-order valence-electron chi connectivity index (χ3n) is 5.00. The van der Waals surface area contributed by atoms with E-state index in [9.17, 15) is 9.59 Å². The van der Waals surface area contributed by atoms with Crippen molar-refractivity contribution in [3.8, 4) is 0 Å². The van der Waals surface area contributed by atoms with Gasteiger partial charge in [-0.2, -0.15) is 4.98 Å². The van der Waals surface area contributed by atoms with Crippen molar-refractivity contribution in [2.75, 3.05) is 0 Å². The highest BCUT2D eigenvalue weighted by Gasteiger charge is 2.42. The minimum absolute atomic E-state index is 0.152. The van der Waals surface area contributed by atoms with Crippen LogP contribution in [-0.4, -0.2) is 27.1 Å². The first kappa shape index (κ1) is 15.8. The predicted octanol–water partition coefficient (Wildman–Crippen LogP) is 2.84. The van der Waals surface area contributed by atoms with Crippen LogP contribution in [0.3, 0.4) is 0 Å². The Hall–Kier alpha value is -2.70. The summed E-state index contributed by atoms with van der Waals surface area (Å²) in [6.07, 6.45) is 5.69. The fraction of sp³-hybridized carbons (Fsp3) is 0.444. The second-order valence-corrected chi connectivity index (χ2v) is 6.86. The van der Waals surface area contributed by atoms with Crippen LogP contribution in [0.4, 0.5) is 0 Å². The van der Waals surface area contributed by atoms with E-state index in [4.69, 9.17) is 9.63 Å². The molecule has 0 radical (unpaired) electrons. The first-order chi connectivity index (χ1) is 12.1. The lowest BCUT2D eigenvalue weighted by Crippen LogP contribution is -2.44. The van der Waals surface area contributed by atoms with Gasteiger partial charge in [-0.05, 0) is 49.9 Å². The zero-order chi connectivity index (χ0) is 17.4. The molecule has 2 aliphatic carbocycles. The number of hydrogen-bond donors (Lipinski definition) is 2. The second kappa shape index (κ2) is 5.98. The Morgan fingerprint density at radius 1 is 1.12 bits per heavy atom. The molecular formula is C18H19N3O4. The predicted molar refractivity (Wildman–Crippen MR) is 87.3 cm³/mol. The molecule has 2 aliphatic rings. The van der Waals surface area contributed by atoms with Crippen molar-refractivity contribution in [1.82, 2.24) is 15.5 Å². The van der Waals surface area contributed by atoms with Gasteiger partial charge < -0.3 is 14.9 Å². The standard InChI is InChI=1S/C18H19N3O4/c22-14(11-3-7-13(8-4-11)16(23)24)20-18(9-1-2-10-18)17-19-15(25-21-17)12-5-6-12/h3-4,7-8,12H,1-2,5-6,9-10H2,(H,20,22)(H,23,24). The van der Waals surface area contributed by atoms with Crippen molar-refractivity contribution in [3.05, 3.63) is 47.1 Å². The molecule has 0 saturated heterocycles. The average Bonchev–Trinajstić information content (AvgIpc) is 3.15. The van der Waals surface area contributed by atoms with Gasteiger partial charge in [-0.25, -0.2) is 4.79 Å². The van der Waals surface area contributed by atoms with Gasteiger partial charge >= 0.3 is 5.97 Å². The minimum Gasteiger partial charge on any atom is -0.478 e. The van der Waals surface area contributed by atoms with Crippen molar-refractivity contribution >= 4 is 11.9 Å². The lowest BCUT2D eigenvalue weighted by atomic mass is 9.95. The fourth-order valence-electron chi connectivity index (χ4n) is 3.36. The molecule has 0 bridgehead atoms. The van der Waals surface area contributed by atoms with Crippen molar-refractivity contribution in [1.29, 1.82) is 0 Å². The van der Waals surface area contributed by atoms with E-state index in [2.05, 4.69) is 15.5 Å². The largest absolute Gasteiger partial charge is 0.478 e. The number of amides is 1. The molecule has 1 aromatic heterocycles. The van der Waals surface area contributed by atoms with Crippen molar-refractivity contribution in [3.63, 3.8) is 0 Å². The van der Waals surface area contributed by atoms with Crippen molar-refractivity contribution in [2.45, 2.75) is 50.0 Å². The van der Waals surface area contributed by atoms with E-state index in [0.29, 0.717) is 23.2 Å². The maximum atomic E-state index is 12.7. The zero-order valence-electron chi connectivity index (χ0n) is 13.7. The SMILES string of the molecule is O=C(O)c1ccc(C(=O)NC2(c3noc(C4CC4)n3)CCCC2)cc1. The second-order valence-electron chi connectivity index (χ2n) is 6.86. The lowest BCUT2D eigenvalue weighted by Gasteiger charge is -2.26. The molecule has 0 aliphatic heterocycles. The van der Waals surface area contributed by atoms with E-state index in [0.717, 1.165) is 38.5 Å². The molecule has 1 amide bonds. The van der Waals surface area contributed by atoms with Gasteiger partial charge in [-0.15, -0.1) is 0 Å². The summed E-state index contributed by atoms with van der Waals surface area (Å²) in [5, 5.41) is 16.2. The maximum absolute atomic E-state index is 12.7. The maximum Gasteiger partial charge on any atom is 0.335 e. The molecule has 0 spiro atoms. The van der Waals surface area contributed by atoms with Crippen LogP contribution in [0.2, 0.25) is 0 Å². The number of carboxylic acid groups (broad SMARTS) is 1. The van der Waals surface area contributed by atoms with E-state index in [-0.39, 0.29) is 11.5 Å². The summed E-state index contributed by atoms with van der Waals surface area (Å²) in [4.78, 5) is 28.1. The molecule has 2 N–H and O–H groups in total. The van der Waals surface area contributed by atoms with Gasteiger partial charge in [0.25, 0.3) is 5.91 Å². The van der Waals surface area contributed by atoms with Crippen LogP contribution in [0.25, 0.3) is 0 Å².